The van der Waals surface area contributed by atoms with E-state index in [1.807, 2.05) is 17.0 Å². The molecule has 0 aliphatic carbocycles. The molecule has 1 N–H and O–H groups in total. The van der Waals surface area contributed by atoms with Crippen LogP contribution in [0.25, 0.3) is 0 Å². The highest BCUT2D eigenvalue weighted by Gasteiger charge is 2.27. The molecule has 3 rings (SSSR count). The number of ether oxygens (including phenoxy) is 1. The van der Waals surface area contributed by atoms with Crippen LogP contribution in [0.1, 0.15) is 21.5 Å². The molecule has 0 saturated carbocycles. The summed E-state index contributed by atoms with van der Waals surface area (Å²) in [6.07, 6.45) is 1.20. The van der Waals surface area contributed by atoms with Gasteiger partial charge in [0.25, 0.3) is 5.91 Å². The monoisotopic (exact) mass is 315 g/mol. The zero-order valence-electron chi connectivity index (χ0n) is 13.1. The standard InChI is InChI=1S/C17H21N3O3/c1-2-10-23-17(22)20-8-6-19(7-9-20)16(21)14-5-3-4-13-11-18-12-15(13)14/h2-5,18H,1,6-12H2. The highest BCUT2D eigenvalue weighted by atomic mass is 16.6. The van der Waals surface area contributed by atoms with Crippen molar-refractivity contribution < 1.29 is 14.3 Å². The second-order valence-corrected chi connectivity index (χ2v) is 5.69. The maximum Gasteiger partial charge on any atom is 0.410 e. The molecular formula is C17H21N3O3. The Hall–Kier alpha value is -2.34. The summed E-state index contributed by atoms with van der Waals surface area (Å²) >= 11 is 0. The topological polar surface area (TPSA) is 61.9 Å². The normalized spacial score (nSPS) is 16.9. The van der Waals surface area contributed by atoms with E-state index in [0.29, 0.717) is 26.2 Å². The lowest BCUT2D eigenvalue weighted by Crippen LogP contribution is -2.50. The summed E-state index contributed by atoms with van der Waals surface area (Å²) in [4.78, 5) is 28.0. The lowest BCUT2D eigenvalue weighted by Gasteiger charge is -2.34. The summed E-state index contributed by atoms with van der Waals surface area (Å²) in [5, 5.41) is 3.28. The van der Waals surface area contributed by atoms with Crippen LogP contribution in [0.2, 0.25) is 0 Å². The zero-order valence-corrected chi connectivity index (χ0v) is 13.1. The van der Waals surface area contributed by atoms with E-state index in [1.165, 1.54) is 5.56 Å². The lowest BCUT2D eigenvalue weighted by molar-refractivity contribution is 0.0580. The first-order chi connectivity index (χ1) is 11.2. The average Bonchev–Trinajstić information content (AvgIpc) is 3.08. The van der Waals surface area contributed by atoms with Crippen molar-refractivity contribution in [1.82, 2.24) is 15.1 Å². The SMILES string of the molecule is C=CCOC(=O)N1CCN(C(=O)c2cccc3c2CNC3)CC1. The van der Waals surface area contributed by atoms with E-state index < -0.39 is 0 Å². The Bertz CT molecular complexity index is 622. The number of nitrogens with one attached hydrogen (secondary N) is 1. The minimum absolute atomic E-state index is 0.0460. The number of piperazine rings is 1. The van der Waals surface area contributed by atoms with E-state index >= 15 is 0 Å². The second-order valence-electron chi connectivity index (χ2n) is 5.69. The largest absolute Gasteiger partial charge is 0.445 e. The van der Waals surface area contributed by atoms with E-state index in [0.717, 1.165) is 24.2 Å². The van der Waals surface area contributed by atoms with Crippen LogP contribution in [0, 0.1) is 0 Å². The fourth-order valence-corrected chi connectivity index (χ4v) is 3.02. The average molecular weight is 315 g/mol. The molecule has 1 fully saturated rings. The van der Waals surface area contributed by atoms with Crippen molar-refractivity contribution >= 4 is 12.0 Å². The van der Waals surface area contributed by atoms with Crippen molar-refractivity contribution in [3.8, 4) is 0 Å². The molecule has 1 aromatic carbocycles. The third-order valence-corrected chi connectivity index (χ3v) is 4.27. The molecule has 0 atom stereocenters. The van der Waals surface area contributed by atoms with E-state index in [2.05, 4.69) is 18.0 Å². The fourth-order valence-electron chi connectivity index (χ4n) is 3.02. The van der Waals surface area contributed by atoms with E-state index in [4.69, 9.17) is 4.74 Å². The van der Waals surface area contributed by atoms with Crippen molar-refractivity contribution in [3.63, 3.8) is 0 Å². The van der Waals surface area contributed by atoms with Gasteiger partial charge in [-0.05, 0) is 17.2 Å². The number of carbonyl (C=O) groups excluding carboxylic acids is 2. The molecule has 2 aliphatic rings. The van der Waals surface area contributed by atoms with Gasteiger partial charge in [0.05, 0.1) is 0 Å². The van der Waals surface area contributed by atoms with Gasteiger partial charge in [-0.15, -0.1) is 0 Å². The summed E-state index contributed by atoms with van der Waals surface area (Å²) in [6, 6.07) is 5.88. The molecule has 23 heavy (non-hydrogen) atoms. The summed E-state index contributed by atoms with van der Waals surface area (Å²) in [6.45, 7) is 7.33. The molecule has 122 valence electrons. The minimum Gasteiger partial charge on any atom is -0.445 e. The van der Waals surface area contributed by atoms with E-state index in [-0.39, 0.29) is 18.6 Å². The molecule has 0 bridgehead atoms. The third-order valence-electron chi connectivity index (χ3n) is 4.27. The van der Waals surface area contributed by atoms with Gasteiger partial charge in [0.2, 0.25) is 0 Å². The van der Waals surface area contributed by atoms with Gasteiger partial charge in [0.1, 0.15) is 6.61 Å². The van der Waals surface area contributed by atoms with Crippen LogP contribution in [0.4, 0.5) is 4.79 Å². The zero-order chi connectivity index (χ0) is 16.2. The highest BCUT2D eigenvalue weighted by Crippen LogP contribution is 2.21. The molecule has 0 radical (unpaired) electrons. The van der Waals surface area contributed by atoms with E-state index in [1.54, 1.807) is 11.0 Å². The molecule has 6 heteroatoms. The lowest BCUT2D eigenvalue weighted by atomic mass is 10.0. The first-order valence-electron chi connectivity index (χ1n) is 7.84. The molecule has 1 aromatic rings. The van der Waals surface area contributed by atoms with Gasteiger partial charge >= 0.3 is 6.09 Å². The van der Waals surface area contributed by atoms with Crippen LogP contribution in [0.3, 0.4) is 0 Å². The smallest absolute Gasteiger partial charge is 0.410 e. The summed E-state index contributed by atoms with van der Waals surface area (Å²) < 4.78 is 5.03. The Morgan fingerprint density at radius 1 is 1.17 bits per heavy atom. The van der Waals surface area contributed by atoms with Gasteiger partial charge in [-0.25, -0.2) is 4.79 Å². The van der Waals surface area contributed by atoms with Gasteiger partial charge in [-0.3, -0.25) is 4.79 Å². The molecule has 2 heterocycles. The maximum absolute atomic E-state index is 12.8. The number of hydrogen-bond acceptors (Lipinski definition) is 4. The molecular weight excluding hydrogens is 294 g/mol. The number of benzene rings is 1. The summed E-state index contributed by atoms with van der Waals surface area (Å²) in [5.41, 5.74) is 3.07. The van der Waals surface area contributed by atoms with Crippen molar-refractivity contribution in [1.29, 1.82) is 0 Å². The van der Waals surface area contributed by atoms with Gasteiger partial charge in [-0.1, -0.05) is 24.8 Å². The predicted molar refractivity (Wildman–Crippen MR) is 86.0 cm³/mol. The number of rotatable bonds is 3. The van der Waals surface area contributed by atoms with Gasteiger partial charge < -0.3 is 19.9 Å². The van der Waals surface area contributed by atoms with Crippen LogP contribution >= 0.6 is 0 Å². The Balaban J connectivity index is 1.62. The minimum atomic E-state index is -0.346. The Morgan fingerprint density at radius 3 is 2.65 bits per heavy atom. The van der Waals surface area contributed by atoms with Crippen LogP contribution in [-0.4, -0.2) is 54.6 Å². The molecule has 0 unspecified atom stereocenters. The van der Waals surface area contributed by atoms with Crippen LogP contribution in [0.5, 0.6) is 0 Å². The maximum atomic E-state index is 12.8. The Kier molecular flexibility index (Phi) is 4.62. The quantitative estimate of drug-likeness (QED) is 0.856. The van der Waals surface area contributed by atoms with Crippen molar-refractivity contribution in [3.05, 3.63) is 47.5 Å². The van der Waals surface area contributed by atoms with Crippen LogP contribution < -0.4 is 5.32 Å². The number of carbonyl (C=O) groups is 2. The molecule has 0 spiro atoms. The van der Waals surface area contributed by atoms with E-state index in [9.17, 15) is 9.59 Å². The summed E-state index contributed by atoms with van der Waals surface area (Å²) in [7, 11) is 0. The van der Waals surface area contributed by atoms with Crippen molar-refractivity contribution in [2.24, 2.45) is 0 Å². The number of nitrogens with zero attached hydrogens (tertiary/aromatic N) is 2. The van der Waals surface area contributed by atoms with Crippen LogP contribution in [0.15, 0.2) is 30.9 Å². The van der Waals surface area contributed by atoms with Gasteiger partial charge in [0.15, 0.2) is 0 Å². The van der Waals surface area contributed by atoms with Gasteiger partial charge in [-0.2, -0.15) is 0 Å². The number of hydrogen-bond donors (Lipinski definition) is 1. The van der Waals surface area contributed by atoms with Crippen molar-refractivity contribution in [2.75, 3.05) is 32.8 Å². The molecule has 2 amide bonds. The number of amides is 2. The molecule has 2 aliphatic heterocycles. The fraction of sp³-hybridized carbons (Fsp3) is 0.412. The predicted octanol–water partition coefficient (Wildman–Crippen LogP) is 1.37. The number of fused-ring (bicyclic) bond motifs is 1. The molecule has 1 saturated heterocycles. The second kappa shape index (κ2) is 6.83. The first kappa shape index (κ1) is 15.6. The van der Waals surface area contributed by atoms with Gasteiger partial charge in [0, 0.05) is 44.8 Å². The highest BCUT2D eigenvalue weighted by molar-refractivity contribution is 5.96. The van der Waals surface area contributed by atoms with Crippen molar-refractivity contribution in [2.45, 2.75) is 13.1 Å². The molecule has 6 nitrogen and oxygen atoms in total. The summed E-state index contributed by atoms with van der Waals surface area (Å²) in [5.74, 6) is 0.0460. The first-order valence-corrected chi connectivity index (χ1v) is 7.84. The molecule has 0 aromatic heterocycles. The third kappa shape index (κ3) is 3.22. The Labute approximate surface area is 135 Å². The Morgan fingerprint density at radius 2 is 1.91 bits per heavy atom. The van der Waals surface area contributed by atoms with Crippen LogP contribution in [-0.2, 0) is 17.8 Å².